The highest BCUT2D eigenvalue weighted by Gasteiger charge is 2.38. The van der Waals surface area contributed by atoms with E-state index in [0.717, 1.165) is 11.0 Å². The Morgan fingerprint density at radius 3 is 2.52 bits per heavy atom. The average molecular weight is 287 g/mol. The van der Waals surface area contributed by atoms with E-state index in [1.165, 1.54) is 24.3 Å². The van der Waals surface area contributed by atoms with Gasteiger partial charge in [0.2, 0.25) is 0 Å². The molecule has 0 aromatic heterocycles. The quantitative estimate of drug-likeness (QED) is 0.654. The van der Waals surface area contributed by atoms with Gasteiger partial charge >= 0.3 is 0 Å². The highest BCUT2D eigenvalue weighted by Crippen LogP contribution is 2.37. The fraction of sp³-hybridized carbons (Fsp3) is 0.0667. The summed E-state index contributed by atoms with van der Waals surface area (Å²) in [4.78, 5) is 25.3. The fourth-order valence-corrected chi connectivity index (χ4v) is 2.31. The van der Waals surface area contributed by atoms with Crippen LogP contribution >= 0.6 is 0 Å². The summed E-state index contributed by atoms with van der Waals surface area (Å²) in [5.41, 5.74) is 0.247. The van der Waals surface area contributed by atoms with Gasteiger partial charge in [0.25, 0.3) is 11.8 Å². The van der Waals surface area contributed by atoms with E-state index in [0.29, 0.717) is 5.56 Å². The van der Waals surface area contributed by atoms with Crippen molar-refractivity contribution in [2.24, 2.45) is 0 Å². The Balaban J connectivity index is 1.99. The molecule has 0 saturated carbocycles. The zero-order chi connectivity index (χ0) is 15.1. The molecule has 1 heterocycles. The van der Waals surface area contributed by atoms with Crippen LogP contribution in [0.3, 0.4) is 0 Å². The average Bonchev–Trinajstić information content (AvgIpc) is 2.68. The molecular formula is C15H10FNO4. The zero-order valence-electron chi connectivity index (χ0n) is 10.7. The number of carbonyl (C=O) groups is 2. The number of imide groups is 1. The molecule has 3 rings (SSSR count). The Morgan fingerprint density at radius 2 is 1.81 bits per heavy atom. The van der Waals surface area contributed by atoms with Gasteiger partial charge in [-0.3, -0.25) is 14.5 Å². The lowest BCUT2D eigenvalue weighted by molar-refractivity contribution is 0.0641. The van der Waals surface area contributed by atoms with Crippen molar-refractivity contribution in [2.75, 3.05) is 0 Å². The van der Waals surface area contributed by atoms with Gasteiger partial charge in [-0.25, -0.2) is 4.39 Å². The molecule has 0 radical (unpaired) electrons. The van der Waals surface area contributed by atoms with E-state index in [1.807, 2.05) is 0 Å². The van der Waals surface area contributed by atoms with Crippen molar-refractivity contribution in [1.29, 1.82) is 0 Å². The molecule has 6 heteroatoms. The second kappa shape index (κ2) is 4.59. The van der Waals surface area contributed by atoms with E-state index in [2.05, 4.69) is 0 Å². The molecule has 0 aliphatic carbocycles. The van der Waals surface area contributed by atoms with Crippen molar-refractivity contribution in [3.05, 3.63) is 58.9 Å². The Labute approximate surface area is 118 Å². The molecule has 1 aliphatic heterocycles. The number of hydrogen-bond acceptors (Lipinski definition) is 4. The summed E-state index contributed by atoms with van der Waals surface area (Å²) < 4.78 is 13.2. The molecule has 2 amide bonds. The number of rotatable bonds is 2. The highest BCUT2D eigenvalue weighted by atomic mass is 19.1. The first-order chi connectivity index (χ1) is 9.99. The molecule has 2 aromatic rings. The number of halogens is 1. The number of phenolic OH excluding ortho intramolecular Hbond substituents is 2. The van der Waals surface area contributed by atoms with Gasteiger partial charge in [-0.2, -0.15) is 0 Å². The van der Waals surface area contributed by atoms with Gasteiger partial charge in [0, 0.05) is 0 Å². The van der Waals surface area contributed by atoms with Gasteiger partial charge in [0.15, 0.2) is 11.5 Å². The van der Waals surface area contributed by atoms with Crippen molar-refractivity contribution < 1.29 is 24.2 Å². The van der Waals surface area contributed by atoms with Crippen molar-refractivity contribution in [2.45, 2.75) is 6.54 Å². The number of fused-ring (bicyclic) bond motifs is 1. The van der Waals surface area contributed by atoms with Crippen LogP contribution in [0.2, 0.25) is 0 Å². The van der Waals surface area contributed by atoms with Crippen LogP contribution in [0.25, 0.3) is 0 Å². The minimum atomic E-state index is -0.715. The van der Waals surface area contributed by atoms with E-state index in [9.17, 15) is 24.2 Å². The first-order valence-electron chi connectivity index (χ1n) is 6.14. The third-order valence-corrected chi connectivity index (χ3v) is 3.32. The molecule has 21 heavy (non-hydrogen) atoms. The number of aromatic hydroxyl groups is 2. The molecule has 0 fully saturated rings. The first kappa shape index (κ1) is 13.1. The summed E-state index contributed by atoms with van der Waals surface area (Å²) >= 11 is 0. The van der Waals surface area contributed by atoms with E-state index in [1.54, 1.807) is 6.07 Å². The second-order valence-corrected chi connectivity index (χ2v) is 4.68. The summed E-state index contributed by atoms with van der Waals surface area (Å²) in [7, 11) is 0. The molecule has 0 saturated heterocycles. The maximum atomic E-state index is 13.2. The maximum absolute atomic E-state index is 13.2. The second-order valence-electron chi connectivity index (χ2n) is 4.68. The van der Waals surface area contributed by atoms with E-state index in [4.69, 9.17) is 0 Å². The summed E-state index contributed by atoms with van der Waals surface area (Å²) in [6.45, 7) is -0.107. The summed E-state index contributed by atoms with van der Waals surface area (Å²) in [6, 6.07) is 7.97. The predicted molar refractivity (Wildman–Crippen MR) is 70.4 cm³/mol. The van der Waals surface area contributed by atoms with Crippen molar-refractivity contribution in [3.8, 4) is 11.5 Å². The largest absolute Gasteiger partial charge is 0.504 e. The van der Waals surface area contributed by atoms with Crippen molar-refractivity contribution in [1.82, 2.24) is 4.90 Å². The monoisotopic (exact) mass is 287 g/mol. The number of amides is 2. The first-order valence-corrected chi connectivity index (χ1v) is 6.14. The SMILES string of the molecule is O=C1c2ccc(O)c(O)c2C(=O)N1Cc1cccc(F)c1. The molecule has 0 unspecified atom stereocenters. The molecular weight excluding hydrogens is 277 g/mol. The van der Waals surface area contributed by atoms with Crippen LogP contribution in [0, 0.1) is 5.82 Å². The van der Waals surface area contributed by atoms with E-state index >= 15 is 0 Å². The molecule has 2 N–H and O–H groups in total. The van der Waals surface area contributed by atoms with Gasteiger partial charge in [0.05, 0.1) is 17.7 Å². The van der Waals surface area contributed by atoms with Crippen LogP contribution in [0.15, 0.2) is 36.4 Å². The number of carbonyl (C=O) groups excluding carboxylic acids is 2. The van der Waals surface area contributed by atoms with Crippen LogP contribution in [-0.2, 0) is 6.54 Å². The van der Waals surface area contributed by atoms with Gasteiger partial charge in [-0.1, -0.05) is 12.1 Å². The summed E-state index contributed by atoms with van der Waals surface area (Å²) in [5, 5.41) is 19.1. The topological polar surface area (TPSA) is 77.8 Å². The molecule has 1 aliphatic rings. The molecule has 0 spiro atoms. The van der Waals surface area contributed by atoms with Crippen molar-refractivity contribution >= 4 is 11.8 Å². The van der Waals surface area contributed by atoms with Gasteiger partial charge in [-0.15, -0.1) is 0 Å². The Hall–Kier alpha value is -2.89. The lowest BCUT2D eigenvalue weighted by Gasteiger charge is -2.13. The normalized spacial score (nSPS) is 13.7. The minimum absolute atomic E-state index is 0.0201. The maximum Gasteiger partial charge on any atom is 0.265 e. The molecule has 0 atom stereocenters. The van der Waals surface area contributed by atoms with Crippen LogP contribution in [0.5, 0.6) is 11.5 Å². The third kappa shape index (κ3) is 2.01. The third-order valence-electron chi connectivity index (χ3n) is 3.32. The molecule has 0 bridgehead atoms. The van der Waals surface area contributed by atoms with Gasteiger partial charge in [0.1, 0.15) is 5.82 Å². The lowest BCUT2D eigenvalue weighted by atomic mass is 10.1. The van der Waals surface area contributed by atoms with Gasteiger partial charge in [-0.05, 0) is 29.8 Å². The molecule has 2 aromatic carbocycles. The standard InChI is InChI=1S/C15H10FNO4/c16-9-3-1-2-8(6-9)7-17-14(20)10-4-5-11(18)13(19)12(10)15(17)21/h1-6,18-19H,7H2. The smallest absolute Gasteiger partial charge is 0.265 e. The number of benzene rings is 2. The minimum Gasteiger partial charge on any atom is -0.504 e. The van der Waals surface area contributed by atoms with Crippen molar-refractivity contribution in [3.63, 3.8) is 0 Å². The van der Waals surface area contributed by atoms with Crippen LogP contribution in [-0.4, -0.2) is 26.9 Å². The fourth-order valence-electron chi connectivity index (χ4n) is 2.31. The van der Waals surface area contributed by atoms with Crippen LogP contribution in [0.1, 0.15) is 26.3 Å². The molecule has 5 nitrogen and oxygen atoms in total. The number of nitrogens with zero attached hydrogens (tertiary/aromatic N) is 1. The Bertz CT molecular complexity index is 772. The number of hydrogen-bond donors (Lipinski definition) is 2. The Kier molecular flexibility index (Phi) is 2.86. The van der Waals surface area contributed by atoms with Crippen LogP contribution in [0.4, 0.5) is 4.39 Å². The molecule has 106 valence electrons. The summed E-state index contributed by atoms with van der Waals surface area (Å²) in [6.07, 6.45) is 0. The highest BCUT2D eigenvalue weighted by molar-refractivity contribution is 6.22. The summed E-state index contributed by atoms with van der Waals surface area (Å²) in [5.74, 6) is -2.86. The Morgan fingerprint density at radius 1 is 1.05 bits per heavy atom. The zero-order valence-corrected chi connectivity index (χ0v) is 10.7. The lowest BCUT2D eigenvalue weighted by Crippen LogP contribution is -2.29. The van der Waals surface area contributed by atoms with E-state index < -0.39 is 29.1 Å². The van der Waals surface area contributed by atoms with E-state index in [-0.39, 0.29) is 17.7 Å². The van der Waals surface area contributed by atoms with Gasteiger partial charge < -0.3 is 10.2 Å². The number of phenols is 2. The predicted octanol–water partition coefficient (Wildman–Crippen LogP) is 2.03. The van der Waals surface area contributed by atoms with Crippen LogP contribution < -0.4 is 0 Å².